The van der Waals surface area contributed by atoms with Crippen molar-refractivity contribution in [2.24, 2.45) is 0 Å². The van der Waals surface area contributed by atoms with Gasteiger partial charge in [-0.05, 0) is 62.2 Å². The third kappa shape index (κ3) is 5.18. The van der Waals surface area contributed by atoms with Crippen LogP contribution in [0.3, 0.4) is 0 Å². The molecule has 1 heterocycles. The molecule has 1 fully saturated rings. The minimum absolute atomic E-state index is 0.169. The molecule has 0 atom stereocenters. The molecule has 0 aromatic heterocycles. The minimum atomic E-state index is -3.95. The van der Waals surface area contributed by atoms with E-state index in [1.807, 2.05) is 57.2 Å². The number of methoxy groups -OCH3 is 1. The van der Waals surface area contributed by atoms with Gasteiger partial charge in [0.2, 0.25) is 5.91 Å². The average molecular weight is 508 g/mol. The number of rotatable bonds is 7. The second kappa shape index (κ2) is 10.6. The van der Waals surface area contributed by atoms with Crippen LogP contribution in [-0.2, 0) is 14.8 Å². The predicted octanol–water partition coefficient (Wildman–Crippen LogP) is 4.16. The van der Waals surface area contributed by atoms with Gasteiger partial charge in [0.05, 0.1) is 23.4 Å². The fraction of sp³-hybridized carbons (Fsp3) is 0.321. The maximum absolute atomic E-state index is 13.8. The topological polar surface area (TPSA) is 70.2 Å². The lowest BCUT2D eigenvalue weighted by Gasteiger charge is -2.37. The fourth-order valence-electron chi connectivity index (χ4n) is 4.45. The van der Waals surface area contributed by atoms with E-state index < -0.39 is 10.0 Å². The van der Waals surface area contributed by atoms with Gasteiger partial charge in [-0.2, -0.15) is 0 Å². The van der Waals surface area contributed by atoms with E-state index in [1.54, 1.807) is 42.3 Å². The van der Waals surface area contributed by atoms with E-state index >= 15 is 0 Å². The molecule has 1 amide bonds. The summed E-state index contributed by atoms with van der Waals surface area (Å²) in [4.78, 5) is 17.6. The summed E-state index contributed by atoms with van der Waals surface area (Å²) < 4.78 is 34.3. The Morgan fingerprint density at radius 2 is 1.56 bits per heavy atom. The van der Waals surface area contributed by atoms with E-state index in [0.29, 0.717) is 31.9 Å². The monoisotopic (exact) mass is 507 g/mol. The van der Waals surface area contributed by atoms with Crippen LogP contribution in [0.15, 0.2) is 71.6 Å². The van der Waals surface area contributed by atoms with Crippen molar-refractivity contribution in [1.82, 2.24) is 4.90 Å². The van der Waals surface area contributed by atoms with E-state index in [9.17, 15) is 13.2 Å². The van der Waals surface area contributed by atoms with Crippen LogP contribution in [-0.4, -0.2) is 59.1 Å². The number of ether oxygens (including phenoxy) is 1. The first-order valence-corrected chi connectivity index (χ1v) is 13.5. The third-order valence-electron chi connectivity index (χ3n) is 6.79. The molecule has 0 radical (unpaired) electrons. The van der Waals surface area contributed by atoms with Crippen LogP contribution in [0.25, 0.3) is 0 Å². The SMILES string of the molecule is COc1ccccc1N1CCN(C(=O)CN(c2cccc(C)c2C)S(=O)(=O)c2ccc(C)cc2)CC1. The number of nitrogens with zero attached hydrogens (tertiary/aromatic N) is 3. The van der Waals surface area contributed by atoms with Gasteiger partial charge in [0.25, 0.3) is 10.0 Å². The first-order valence-electron chi connectivity index (χ1n) is 12.0. The molecule has 4 rings (SSSR count). The molecular formula is C28H33N3O4S. The molecule has 0 N–H and O–H groups in total. The highest BCUT2D eigenvalue weighted by atomic mass is 32.2. The second-order valence-electron chi connectivity index (χ2n) is 9.08. The highest BCUT2D eigenvalue weighted by Gasteiger charge is 2.31. The smallest absolute Gasteiger partial charge is 0.264 e. The van der Waals surface area contributed by atoms with Gasteiger partial charge >= 0.3 is 0 Å². The summed E-state index contributed by atoms with van der Waals surface area (Å²) in [7, 11) is -2.30. The highest BCUT2D eigenvalue weighted by molar-refractivity contribution is 7.92. The predicted molar refractivity (Wildman–Crippen MR) is 143 cm³/mol. The Morgan fingerprint density at radius 3 is 2.22 bits per heavy atom. The van der Waals surface area contributed by atoms with Gasteiger partial charge in [0, 0.05) is 26.2 Å². The lowest BCUT2D eigenvalue weighted by molar-refractivity contribution is -0.129. The number of hydrogen-bond acceptors (Lipinski definition) is 5. The van der Waals surface area contributed by atoms with Crippen molar-refractivity contribution in [3.8, 4) is 5.75 Å². The zero-order valence-electron chi connectivity index (χ0n) is 21.3. The molecule has 190 valence electrons. The van der Waals surface area contributed by atoms with Crippen molar-refractivity contribution in [2.45, 2.75) is 25.7 Å². The first kappa shape index (κ1) is 25.6. The Labute approximate surface area is 214 Å². The minimum Gasteiger partial charge on any atom is -0.495 e. The van der Waals surface area contributed by atoms with Crippen LogP contribution < -0.4 is 13.9 Å². The van der Waals surface area contributed by atoms with Crippen LogP contribution in [0, 0.1) is 20.8 Å². The molecule has 0 unspecified atom stereocenters. The van der Waals surface area contributed by atoms with Gasteiger partial charge in [-0.25, -0.2) is 8.42 Å². The molecule has 3 aromatic rings. The molecule has 8 heteroatoms. The number of piperazine rings is 1. The molecule has 3 aromatic carbocycles. The second-order valence-corrected chi connectivity index (χ2v) is 10.9. The number of carbonyl (C=O) groups is 1. The van der Waals surface area contributed by atoms with Gasteiger partial charge in [0.15, 0.2) is 0 Å². The zero-order chi connectivity index (χ0) is 25.9. The molecule has 0 spiro atoms. The standard InChI is InChI=1S/C28H33N3O4S/c1-21-12-14-24(15-13-21)36(33,34)31(25-10-7-8-22(2)23(25)3)20-28(32)30-18-16-29(17-19-30)26-9-5-6-11-27(26)35-4/h5-15H,16-20H2,1-4H3. The summed E-state index contributed by atoms with van der Waals surface area (Å²) >= 11 is 0. The van der Waals surface area contributed by atoms with Gasteiger partial charge in [-0.15, -0.1) is 0 Å². The van der Waals surface area contributed by atoms with Crippen molar-refractivity contribution in [2.75, 3.05) is 49.0 Å². The van der Waals surface area contributed by atoms with Gasteiger partial charge in [-0.1, -0.05) is 42.0 Å². The Morgan fingerprint density at radius 1 is 0.889 bits per heavy atom. The Balaban J connectivity index is 1.57. The lowest BCUT2D eigenvalue weighted by atomic mass is 10.1. The van der Waals surface area contributed by atoms with Crippen molar-refractivity contribution in [1.29, 1.82) is 0 Å². The highest BCUT2D eigenvalue weighted by Crippen LogP contribution is 2.30. The van der Waals surface area contributed by atoms with Crippen molar-refractivity contribution >= 4 is 27.3 Å². The Hall–Kier alpha value is -3.52. The number of carbonyl (C=O) groups excluding carboxylic acids is 1. The quantitative estimate of drug-likeness (QED) is 0.480. The summed E-state index contributed by atoms with van der Waals surface area (Å²) in [6.07, 6.45) is 0. The van der Waals surface area contributed by atoms with Crippen LogP contribution in [0.4, 0.5) is 11.4 Å². The largest absolute Gasteiger partial charge is 0.495 e. The van der Waals surface area contributed by atoms with Crippen molar-refractivity contribution in [3.05, 3.63) is 83.4 Å². The average Bonchev–Trinajstić information content (AvgIpc) is 2.89. The summed E-state index contributed by atoms with van der Waals surface area (Å²) in [5.41, 5.74) is 4.29. The molecule has 0 saturated carbocycles. The number of amides is 1. The third-order valence-corrected chi connectivity index (χ3v) is 8.56. The summed E-state index contributed by atoms with van der Waals surface area (Å²) in [5, 5.41) is 0. The molecule has 1 saturated heterocycles. The van der Waals surface area contributed by atoms with Gasteiger partial charge in [-0.3, -0.25) is 9.10 Å². The van der Waals surface area contributed by atoms with E-state index in [1.165, 1.54) is 4.31 Å². The van der Waals surface area contributed by atoms with E-state index in [4.69, 9.17) is 4.74 Å². The van der Waals surface area contributed by atoms with E-state index in [-0.39, 0.29) is 17.3 Å². The molecule has 0 aliphatic carbocycles. The lowest BCUT2D eigenvalue weighted by Crippen LogP contribution is -2.52. The number of benzene rings is 3. The van der Waals surface area contributed by atoms with Crippen LogP contribution in [0.5, 0.6) is 5.75 Å². The van der Waals surface area contributed by atoms with Crippen molar-refractivity contribution < 1.29 is 17.9 Å². The molecule has 7 nitrogen and oxygen atoms in total. The number of anilines is 2. The Kier molecular flexibility index (Phi) is 7.54. The summed E-state index contributed by atoms with van der Waals surface area (Å²) in [5.74, 6) is 0.578. The normalized spacial score (nSPS) is 14.0. The van der Waals surface area contributed by atoms with E-state index in [2.05, 4.69) is 4.90 Å². The van der Waals surface area contributed by atoms with Crippen LogP contribution in [0.1, 0.15) is 16.7 Å². The molecule has 1 aliphatic rings. The molecular weight excluding hydrogens is 474 g/mol. The van der Waals surface area contributed by atoms with Gasteiger partial charge < -0.3 is 14.5 Å². The number of aryl methyl sites for hydroxylation is 2. The first-order chi connectivity index (χ1) is 17.2. The van der Waals surface area contributed by atoms with Crippen LogP contribution >= 0.6 is 0 Å². The number of hydrogen-bond donors (Lipinski definition) is 0. The van der Waals surface area contributed by atoms with E-state index in [0.717, 1.165) is 28.1 Å². The maximum atomic E-state index is 13.8. The fourth-order valence-corrected chi connectivity index (χ4v) is 5.93. The van der Waals surface area contributed by atoms with Gasteiger partial charge in [0.1, 0.15) is 12.3 Å². The number of para-hydroxylation sites is 2. The van der Waals surface area contributed by atoms with Crippen molar-refractivity contribution in [3.63, 3.8) is 0 Å². The Bertz CT molecular complexity index is 1330. The molecule has 36 heavy (non-hydrogen) atoms. The summed E-state index contributed by atoms with van der Waals surface area (Å²) in [6, 6.07) is 20.1. The maximum Gasteiger partial charge on any atom is 0.264 e. The van der Waals surface area contributed by atoms with Crippen LogP contribution in [0.2, 0.25) is 0 Å². The molecule has 1 aliphatic heterocycles. The zero-order valence-corrected chi connectivity index (χ0v) is 22.1. The molecule has 0 bridgehead atoms. The number of sulfonamides is 1. The summed E-state index contributed by atoms with van der Waals surface area (Å²) in [6.45, 7) is 7.76.